The SMILES string of the molecule is Br.CN(C)CCc1ccc(C(C)(C)C)cc1. The van der Waals surface area contributed by atoms with E-state index in [9.17, 15) is 0 Å². The van der Waals surface area contributed by atoms with Crippen molar-refractivity contribution in [3.8, 4) is 0 Å². The van der Waals surface area contributed by atoms with E-state index in [1.165, 1.54) is 11.1 Å². The number of hydrogen-bond donors (Lipinski definition) is 0. The average Bonchev–Trinajstić information content (AvgIpc) is 2.14. The van der Waals surface area contributed by atoms with E-state index in [-0.39, 0.29) is 22.4 Å². The first kappa shape index (κ1) is 15.7. The predicted molar refractivity (Wildman–Crippen MR) is 77.7 cm³/mol. The lowest BCUT2D eigenvalue weighted by Gasteiger charge is -2.19. The Morgan fingerprint density at radius 1 is 1.00 bits per heavy atom. The fraction of sp³-hybridized carbons (Fsp3) is 0.571. The second-order valence-electron chi connectivity index (χ2n) is 5.50. The third kappa shape index (κ3) is 5.13. The van der Waals surface area contributed by atoms with Crippen molar-refractivity contribution in [2.24, 2.45) is 0 Å². The van der Waals surface area contributed by atoms with Crippen LogP contribution in [0.25, 0.3) is 0 Å². The van der Waals surface area contributed by atoms with E-state index < -0.39 is 0 Å². The molecule has 0 aliphatic carbocycles. The van der Waals surface area contributed by atoms with Gasteiger partial charge < -0.3 is 4.90 Å². The number of rotatable bonds is 3. The number of hydrogen-bond acceptors (Lipinski definition) is 1. The average molecular weight is 286 g/mol. The lowest BCUT2D eigenvalue weighted by Crippen LogP contribution is -2.15. The van der Waals surface area contributed by atoms with Crippen LogP contribution in [0.3, 0.4) is 0 Å². The molecule has 0 saturated heterocycles. The summed E-state index contributed by atoms with van der Waals surface area (Å²) in [7, 11) is 4.23. The largest absolute Gasteiger partial charge is 0.309 e. The fourth-order valence-electron chi connectivity index (χ4n) is 1.52. The third-order valence-electron chi connectivity index (χ3n) is 2.67. The van der Waals surface area contributed by atoms with Crippen LogP contribution in [-0.2, 0) is 11.8 Å². The molecule has 0 aliphatic rings. The number of benzene rings is 1. The maximum absolute atomic E-state index is 2.25. The van der Waals surface area contributed by atoms with Gasteiger partial charge in [-0.2, -0.15) is 0 Å². The Hall–Kier alpha value is -0.340. The van der Waals surface area contributed by atoms with Gasteiger partial charge in [0.1, 0.15) is 0 Å². The third-order valence-corrected chi connectivity index (χ3v) is 2.67. The highest BCUT2D eigenvalue weighted by Crippen LogP contribution is 2.22. The van der Waals surface area contributed by atoms with Gasteiger partial charge in [-0.1, -0.05) is 45.0 Å². The summed E-state index contributed by atoms with van der Waals surface area (Å²) < 4.78 is 0. The zero-order chi connectivity index (χ0) is 11.5. The molecule has 0 heterocycles. The molecule has 0 aromatic heterocycles. The van der Waals surface area contributed by atoms with Gasteiger partial charge in [0.2, 0.25) is 0 Å². The smallest absolute Gasteiger partial charge is 0.00157 e. The molecule has 0 amide bonds. The van der Waals surface area contributed by atoms with E-state index in [0.29, 0.717) is 0 Å². The minimum atomic E-state index is 0. The van der Waals surface area contributed by atoms with Crippen molar-refractivity contribution < 1.29 is 0 Å². The summed E-state index contributed by atoms with van der Waals surface area (Å²) in [5.74, 6) is 0. The van der Waals surface area contributed by atoms with Gasteiger partial charge >= 0.3 is 0 Å². The van der Waals surface area contributed by atoms with Crippen LogP contribution in [0.4, 0.5) is 0 Å². The molecule has 1 nitrogen and oxygen atoms in total. The maximum atomic E-state index is 2.25. The van der Waals surface area contributed by atoms with E-state index in [4.69, 9.17) is 0 Å². The molecule has 1 rings (SSSR count). The number of likely N-dealkylation sites (N-methyl/N-ethyl adjacent to an activating group) is 1. The molecule has 1 aromatic rings. The first-order chi connectivity index (χ1) is 6.89. The Bertz CT molecular complexity index is 296. The van der Waals surface area contributed by atoms with Crippen LogP contribution in [0.15, 0.2) is 24.3 Å². The Labute approximate surface area is 111 Å². The quantitative estimate of drug-likeness (QED) is 0.819. The monoisotopic (exact) mass is 285 g/mol. The Morgan fingerprint density at radius 2 is 1.50 bits per heavy atom. The van der Waals surface area contributed by atoms with Crippen molar-refractivity contribution in [2.45, 2.75) is 32.6 Å². The van der Waals surface area contributed by atoms with E-state index >= 15 is 0 Å². The predicted octanol–water partition coefficient (Wildman–Crippen LogP) is 3.67. The zero-order valence-corrected chi connectivity index (χ0v) is 12.8. The van der Waals surface area contributed by atoms with Crippen molar-refractivity contribution in [2.75, 3.05) is 20.6 Å². The van der Waals surface area contributed by atoms with Crippen LogP contribution < -0.4 is 0 Å². The molecule has 0 saturated carbocycles. The lowest BCUT2D eigenvalue weighted by atomic mass is 9.86. The van der Waals surface area contributed by atoms with Crippen molar-refractivity contribution in [1.82, 2.24) is 4.90 Å². The van der Waals surface area contributed by atoms with Crippen molar-refractivity contribution in [3.63, 3.8) is 0 Å². The van der Waals surface area contributed by atoms with Gasteiger partial charge in [0, 0.05) is 6.54 Å². The molecular weight excluding hydrogens is 262 g/mol. The molecule has 0 unspecified atom stereocenters. The first-order valence-corrected chi connectivity index (χ1v) is 5.64. The number of halogens is 1. The Balaban J connectivity index is 0.00000225. The summed E-state index contributed by atoms with van der Waals surface area (Å²) in [4.78, 5) is 2.22. The van der Waals surface area contributed by atoms with Gasteiger partial charge in [-0.05, 0) is 37.1 Å². The molecule has 0 fully saturated rings. The maximum Gasteiger partial charge on any atom is 0.00157 e. The molecule has 0 atom stereocenters. The summed E-state index contributed by atoms with van der Waals surface area (Å²) in [5, 5.41) is 0. The Kier molecular flexibility index (Phi) is 6.27. The van der Waals surface area contributed by atoms with Gasteiger partial charge in [0.05, 0.1) is 0 Å². The van der Waals surface area contributed by atoms with Gasteiger partial charge in [0.25, 0.3) is 0 Å². The Morgan fingerprint density at radius 3 is 1.88 bits per heavy atom. The first-order valence-electron chi connectivity index (χ1n) is 5.64. The van der Waals surface area contributed by atoms with Gasteiger partial charge in [-0.25, -0.2) is 0 Å². The molecule has 0 spiro atoms. The van der Waals surface area contributed by atoms with Crippen molar-refractivity contribution in [1.29, 1.82) is 0 Å². The van der Waals surface area contributed by atoms with Crippen LogP contribution in [0.5, 0.6) is 0 Å². The van der Waals surface area contributed by atoms with Crippen LogP contribution in [-0.4, -0.2) is 25.5 Å². The summed E-state index contributed by atoms with van der Waals surface area (Å²) in [6.07, 6.45) is 1.14. The molecule has 92 valence electrons. The van der Waals surface area contributed by atoms with Gasteiger partial charge in [-0.3, -0.25) is 0 Å². The summed E-state index contributed by atoms with van der Waals surface area (Å²) in [6, 6.07) is 9.02. The molecular formula is C14H24BrN. The fourth-order valence-corrected chi connectivity index (χ4v) is 1.52. The summed E-state index contributed by atoms with van der Waals surface area (Å²) in [6.45, 7) is 7.88. The molecule has 0 bridgehead atoms. The zero-order valence-electron chi connectivity index (χ0n) is 11.1. The highest BCUT2D eigenvalue weighted by molar-refractivity contribution is 8.93. The summed E-state index contributed by atoms with van der Waals surface area (Å²) in [5.41, 5.74) is 3.10. The van der Waals surface area contributed by atoms with Crippen LogP contribution >= 0.6 is 17.0 Å². The van der Waals surface area contributed by atoms with E-state index in [2.05, 4.69) is 64.0 Å². The van der Waals surface area contributed by atoms with E-state index in [1.54, 1.807) is 0 Å². The van der Waals surface area contributed by atoms with Crippen molar-refractivity contribution in [3.05, 3.63) is 35.4 Å². The van der Waals surface area contributed by atoms with Gasteiger partial charge in [-0.15, -0.1) is 17.0 Å². The van der Waals surface area contributed by atoms with Crippen LogP contribution in [0, 0.1) is 0 Å². The molecule has 0 radical (unpaired) electrons. The van der Waals surface area contributed by atoms with Crippen LogP contribution in [0.2, 0.25) is 0 Å². The van der Waals surface area contributed by atoms with E-state index in [1.807, 2.05) is 0 Å². The normalized spacial score (nSPS) is 11.4. The lowest BCUT2D eigenvalue weighted by molar-refractivity contribution is 0.413. The van der Waals surface area contributed by atoms with Crippen molar-refractivity contribution >= 4 is 17.0 Å². The second kappa shape index (κ2) is 6.41. The van der Waals surface area contributed by atoms with Gasteiger partial charge in [0.15, 0.2) is 0 Å². The highest BCUT2D eigenvalue weighted by Gasteiger charge is 2.12. The molecule has 0 N–H and O–H groups in total. The molecule has 16 heavy (non-hydrogen) atoms. The minimum Gasteiger partial charge on any atom is -0.309 e. The van der Waals surface area contributed by atoms with E-state index in [0.717, 1.165) is 13.0 Å². The summed E-state index contributed by atoms with van der Waals surface area (Å²) >= 11 is 0. The minimum absolute atomic E-state index is 0. The molecule has 2 heteroatoms. The molecule has 1 aromatic carbocycles. The molecule has 0 aliphatic heterocycles. The second-order valence-corrected chi connectivity index (χ2v) is 5.50. The van der Waals surface area contributed by atoms with Crippen LogP contribution in [0.1, 0.15) is 31.9 Å². The topological polar surface area (TPSA) is 3.24 Å². The number of nitrogens with zero attached hydrogens (tertiary/aromatic N) is 1. The standard InChI is InChI=1S/C14H23N.BrH/c1-14(2,3)13-8-6-12(7-9-13)10-11-15(4)5;/h6-9H,10-11H2,1-5H3;1H. The highest BCUT2D eigenvalue weighted by atomic mass is 79.9.